The third-order valence-electron chi connectivity index (χ3n) is 4.91. The van der Waals surface area contributed by atoms with Gasteiger partial charge in [0.15, 0.2) is 0 Å². The maximum atomic E-state index is 13.2. The molecule has 0 saturated heterocycles. The molecule has 1 aliphatic heterocycles. The van der Waals surface area contributed by atoms with Gasteiger partial charge in [0, 0.05) is 22.8 Å². The van der Waals surface area contributed by atoms with Gasteiger partial charge in [0.25, 0.3) is 5.91 Å². The van der Waals surface area contributed by atoms with Crippen molar-refractivity contribution in [2.24, 2.45) is 5.14 Å². The fourth-order valence-corrected chi connectivity index (χ4v) is 3.84. The van der Waals surface area contributed by atoms with Crippen LogP contribution in [0.1, 0.15) is 21.5 Å². The molecule has 1 amide bonds. The van der Waals surface area contributed by atoms with Crippen LogP contribution in [0.25, 0.3) is 0 Å². The number of fused-ring (bicyclic) bond motifs is 2. The van der Waals surface area contributed by atoms with Crippen LogP contribution in [0.5, 0.6) is 17.2 Å². The van der Waals surface area contributed by atoms with Crippen LogP contribution in [-0.4, -0.2) is 26.3 Å². The van der Waals surface area contributed by atoms with E-state index in [0.717, 1.165) is 11.1 Å². The van der Waals surface area contributed by atoms with Crippen molar-refractivity contribution in [1.29, 1.82) is 0 Å². The van der Waals surface area contributed by atoms with Gasteiger partial charge in [-0.1, -0.05) is 18.2 Å². The van der Waals surface area contributed by atoms with Crippen LogP contribution in [-0.2, 0) is 23.1 Å². The molecule has 2 N–H and O–H groups in total. The van der Waals surface area contributed by atoms with Gasteiger partial charge in [0.1, 0.15) is 17.2 Å². The molecule has 0 atom stereocenters. The molecule has 1 heterocycles. The number of primary sulfonamides is 1. The van der Waals surface area contributed by atoms with Crippen molar-refractivity contribution in [3.63, 3.8) is 0 Å². The van der Waals surface area contributed by atoms with Crippen molar-refractivity contribution in [3.8, 4) is 17.2 Å². The number of nitrogens with two attached hydrogens (primary N) is 1. The first-order valence-electron chi connectivity index (χ1n) is 9.20. The number of benzene rings is 3. The molecule has 1 aliphatic rings. The first-order valence-corrected chi connectivity index (χ1v) is 10.7. The van der Waals surface area contributed by atoms with Gasteiger partial charge in [-0.05, 0) is 42.5 Å². The fraction of sp³-hybridized carbons (Fsp3) is 0.136. The molecule has 154 valence electrons. The zero-order valence-electron chi connectivity index (χ0n) is 16.2. The first kappa shape index (κ1) is 19.9. The summed E-state index contributed by atoms with van der Waals surface area (Å²) in [7, 11) is -2.24. The van der Waals surface area contributed by atoms with Crippen LogP contribution in [0.3, 0.4) is 0 Å². The summed E-state index contributed by atoms with van der Waals surface area (Å²) in [5.74, 6) is 1.70. The highest BCUT2D eigenvalue weighted by Gasteiger charge is 2.23. The minimum atomic E-state index is -3.82. The Morgan fingerprint density at radius 2 is 1.63 bits per heavy atom. The Morgan fingerprint density at radius 1 is 0.967 bits per heavy atom. The normalized spacial score (nSPS) is 13.3. The highest BCUT2D eigenvalue weighted by Crippen LogP contribution is 2.35. The molecule has 30 heavy (non-hydrogen) atoms. The monoisotopic (exact) mass is 424 g/mol. The molecular formula is C22H20N2O5S. The molecule has 0 aromatic heterocycles. The molecule has 0 spiro atoms. The first-order chi connectivity index (χ1) is 14.3. The van der Waals surface area contributed by atoms with Crippen molar-refractivity contribution in [3.05, 3.63) is 83.4 Å². The summed E-state index contributed by atoms with van der Waals surface area (Å²) in [6, 6.07) is 18.6. The van der Waals surface area contributed by atoms with E-state index in [1.165, 1.54) is 24.3 Å². The minimum absolute atomic E-state index is 0.0390. The summed E-state index contributed by atoms with van der Waals surface area (Å²) in [6.07, 6.45) is 0. The number of methoxy groups -OCH3 is 1. The van der Waals surface area contributed by atoms with Gasteiger partial charge in [0.05, 0.1) is 25.1 Å². The summed E-state index contributed by atoms with van der Waals surface area (Å²) < 4.78 is 34.4. The summed E-state index contributed by atoms with van der Waals surface area (Å²) in [6.45, 7) is 0.668. The molecule has 0 saturated carbocycles. The van der Waals surface area contributed by atoms with Crippen molar-refractivity contribution in [1.82, 2.24) is 4.90 Å². The standard InChI is InChI=1S/C22H20N2O5S/c1-28-18-9-6-17-14-24(13-16-4-2-3-5-20(16)29-21(17)12-18)22(25)15-7-10-19(11-8-15)30(23,26)27/h2-12H,13-14H2,1H3,(H2,23,26,27). The minimum Gasteiger partial charge on any atom is -0.497 e. The largest absolute Gasteiger partial charge is 0.497 e. The summed E-state index contributed by atoms with van der Waals surface area (Å²) in [5.41, 5.74) is 2.07. The average Bonchev–Trinajstić information content (AvgIpc) is 2.72. The van der Waals surface area contributed by atoms with Gasteiger partial charge in [-0.2, -0.15) is 0 Å². The van der Waals surface area contributed by atoms with Gasteiger partial charge in [0.2, 0.25) is 10.0 Å². The van der Waals surface area contributed by atoms with Crippen LogP contribution >= 0.6 is 0 Å². The fourth-order valence-electron chi connectivity index (χ4n) is 3.32. The number of carbonyl (C=O) groups excluding carboxylic acids is 1. The zero-order valence-corrected chi connectivity index (χ0v) is 17.1. The van der Waals surface area contributed by atoms with Crippen LogP contribution < -0.4 is 14.6 Å². The molecule has 4 rings (SSSR count). The van der Waals surface area contributed by atoms with E-state index in [-0.39, 0.29) is 10.8 Å². The van der Waals surface area contributed by atoms with E-state index in [0.29, 0.717) is 35.9 Å². The van der Waals surface area contributed by atoms with Crippen LogP contribution in [0.15, 0.2) is 71.6 Å². The predicted molar refractivity (Wildman–Crippen MR) is 111 cm³/mol. The van der Waals surface area contributed by atoms with Gasteiger partial charge in [-0.3, -0.25) is 4.79 Å². The highest BCUT2D eigenvalue weighted by molar-refractivity contribution is 7.89. The molecule has 3 aromatic rings. The number of para-hydroxylation sites is 1. The number of amides is 1. The smallest absolute Gasteiger partial charge is 0.254 e. The Balaban J connectivity index is 1.73. The molecular weight excluding hydrogens is 404 g/mol. The molecule has 7 nitrogen and oxygen atoms in total. The third kappa shape index (κ3) is 4.00. The molecule has 0 bridgehead atoms. The SMILES string of the molecule is COc1ccc2c(c1)Oc1ccccc1CN(C(=O)c1ccc(S(N)(=O)=O)cc1)C2. The van der Waals surface area contributed by atoms with Gasteiger partial charge < -0.3 is 14.4 Å². The summed E-state index contributed by atoms with van der Waals surface area (Å²) in [5, 5.41) is 5.15. The van der Waals surface area contributed by atoms with Crippen molar-refractivity contribution in [2.45, 2.75) is 18.0 Å². The topological polar surface area (TPSA) is 98.9 Å². The Bertz CT molecular complexity index is 1210. The van der Waals surface area contributed by atoms with E-state index in [1.54, 1.807) is 18.1 Å². The Kier molecular flexibility index (Phi) is 5.19. The second-order valence-corrected chi connectivity index (χ2v) is 8.48. The maximum Gasteiger partial charge on any atom is 0.254 e. The lowest BCUT2D eigenvalue weighted by Gasteiger charge is -2.28. The lowest BCUT2D eigenvalue weighted by atomic mass is 10.1. The van der Waals surface area contributed by atoms with E-state index in [1.807, 2.05) is 36.4 Å². The lowest BCUT2D eigenvalue weighted by molar-refractivity contribution is 0.0725. The average molecular weight is 424 g/mol. The highest BCUT2D eigenvalue weighted by atomic mass is 32.2. The maximum absolute atomic E-state index is 13.2. The Labute approximate surface area is 174 Å². The molecule has 8 heteroatoms. The number of hydrogen-bond acceptors (Lipinski definition) is 5. The predicted octanol–water partition coefficient (Wildman–Crippen LogP) is 3.29. The molecule has 0 radical (unpaired) electrons. The van der Waals surface area contributed by atoms with E-state index in [2.05, 4.69) is 0 Å². The number of ether oxygens (including phenoxy) is 2. The summed E-state index contributed by atoms with van der Waals surface area (Å²) in [4.78, 5) is 14.9. The number of nitrogens with zero attached hydrogens (tertiary/aromatic N) is 1. The van der Waals surface area contributed by atoms with Crippen molar-refractivity contribution >= 4 is 15.9 Å². The van der Waals surface area contributed by atoms with E-state index >= 15 is 0 Å². The zero-order chi connectivity index (χ0) is 21.3. The van der Waals surface area contributed by atoms with Crippen LogP contribution in [0, 0.1) is 0 Å². The Morgan fingerprint density at radius 3 is 2.30 bits per heavy atom. The van der Waals surface area contributed by atoms with E-state index < -0.39 is 10.0 Å². The molecule has 0 aliphatic carbocycles. The van der Waals surface area contributed by atoms with Crippen LogP contribution in [0.4, 0.5) is 0 Å². The number of sulfonamides is 1. The van der Waals surface area contributed by atoms with E-state index in [4.69, 9.17) is 14.6 Å². The molecule has 3 aromatic carbocycles. The summed E-state index contributed by atoms with van der Waals surface area (Å²) >= 11 is 0. The van der Waals surface area contributed by atoms with Crippen molar-refractivity contribution < 1.29 is 22.7 Å². The van der Waals surface area contributed by atoms with Gasteiger partial charge in [-0.25, -0.2) is 13.6 Å². The third-order valence-corrected chi connectivity index (χ3v) is 5.84. The number of carbonyl (C=O) groups is 1. The van der Waals surface area contributed by atoms with Crippen LogP contribution in [0.2, 0.25) is 0 Å². The quantitative estimate of drug-likeness (QED) is 0.696. The second-order valence-electron chi connectivity index (χ2n) is 6.91. The molecule has 0 unspecified atom stereocenters. The number of rotatable bonds is 3. The van der Waals surface area contributed by atoms with E-state index in [9.17, 15) is 13.2 Å². The second kappa shape index (κ2) is 7.81. The van der Waals surface area contributed by atoms with Gasteiger partial charge >= 0.3 is 0 Å². The molecule has 0 fully saturated rings. The van der Waals surface area contributed by atoms with Crippen molar-refractivity contribution in [2.75, 3.05) is 7.11 Å². The number of hydrogen-bond donors (Lipinski definition) is 1. The van der Waals surface area contributed by atoms with Gasteiger partial charge in [-0.15, -0.1) is 0 Å². The Hall–Kier alpha value is -3.36. The lowest BCUT2D eigenvalue weighted by Crippen LogP contribution is -2.31.